The van der Waals surface area contributed by atoms with Crippen molar-refractivity contribution in [1.29, 1.82) is 0 Å². The molecule has 0 aliphatic heterocycles. The summed E-state index contributed by atoms with van der Waals surface area (Å²) in [5.41, 5.74) is 2.39. The molecular weight excluding hydrogens is 432 g/mol. The van der Waals surface area contributed by atoms with Gasteiger partial charge in [-0.15, -0.1) is 11.3 Å². The molecule has 2 heterocycles. The first-order valence-electron chi connectivity index (χ1n) is 9.47. The van der Waals surface area contributed by atoms with Gasteiger partial charge >= 0.3 is 0 Å². The molecule has 0 atom stereocenters. The van der Waals surface area contributed by atoms with Crippen molar-refractivity contribution >= 4 is 44.3 Å². The summed E-state index contributed by atoms with van der Waals surface area (Å²) in [6.07, 6.45) is 3.38. The van der Waals surface area contributed by atoms with E-state index in [1.807, 2.05) is 41.8 Å². The minimum absolute atomic E-state index is 0.225. The van der Waals surface area contributed by atoms with Crippen molar-refractivity contribution in [2.75, 3.05) is 13.7 Å². The van der Waals surface area contributed by atoms with Crippen LogP contribution in [0.25, 0.3) is 32.5 Å². The number of H-pyrrole nitrogens is 1. The van der Waals surface area contributed by atoms with Gasteiger partial charge in [0.2, 0.25) is 0 Å². The van der Waals surface area contributed by atoms with Crippen molar-refractivity contribution in [1.82, 2.24) is 9.97 Å². The Balaban J connectivity index is 1.70. The number of hydrogen-bond acceptors (Lipinski definition) is 5. The molecule has 0 bridgehead atoms. The van der Waals surface area contributed by atoms with Crippen LogP contribution in [-0.4, -0.2) is 23.7 Å². The lowest BCUT2D eigenvalue weighted by molar-refractivity contribution is 0.326. The molecule has 0 fully saturated rings. The van der Waals surface area contributed by atoms with E-state index in [1.165, 1.54) is 11.3 Å². The average molecular weight is 451 g/mol. The fraction of sp³-hybridized carbons (Fsp3) is 0.0833. The third-order valence-corrected chi connectivity index (χ3v) is 5.75. The average Bonchev–Trinajstić information content (AvgIpc) is 3.23. The molecular formula is C24H19ClN2O3S. The van der Waals surface area contributed by atoms with Gasteiger partial charge in [-0.1, -0.05) is 60.7 Å². The first kappa shape index (κ1) is 20.9. The van der Waals surface area contributed by atoms with E-state index < -0.39 is 0 Å². The van der Waals surface area contributed by atoms with E-state index >= 15 is 0 Å². The molecule has 0 aliphatic rings. The molecule has 4 rings (SSSR count). The zero-order valence-corrected chi connectivity index (χ0v) is 18.3. The fourth-order valence-corrected chi connectivity index (χ4v) is 4.31. The van der Waals surface area contributed by atoms with Crippen molar-refractivity contribution in [2.45, 2.75) is 0 Å². The molecule has 2 aromatic heterocycles. The highest BCUT2D eigenvalue weighted by molar-refractivity contribution is 7.17. The van der Waals surface area contributed by atoms with Gasteiger partial charge < -0.3 is 14.5 Å². The summed E-state index contributed by atoms with van der Waals surface area (Å²) in [7, 11) is 1.57. The number of aromatic nitrogens is 2. The third-order valence-electron chi connectivity index (χ3n) is 4.59. The Morgan fingerprint density at radius 3 is 2.77 bits per heavy atom. The maximum atomic E-state index is 12.8. The molecule has 4 aromatic rings. The number of methoxy groups -OCH3 is 1. The van der Waals surface area contributed by atoms with E-state index in [9.17, 15) is 4.79 Å². The Bertz CT molecular complexity index is 1330. The fourth-order valence-electron chi connectivity index (χ4n) is 3.15. The first-order valence-corrected chi connectivity index (χ1v) is 10.7. The molecule has 0 spiro atoms. The molecule has 7 heteroatoms. The van der Waals surface area contributed by atoms with Gasteiger partial charge in [-0.2, -0.15) is 0 Å². The number of fused-ring (bicyclic) bond motifs is 1. The minimum Gasteiger partial charge on any atom is -0.493 e. The second kappa shape index (κ2) is 9.20. The molecule has 0 aliphatic carbocycles. The molecule has 0 saturated heterocycles. The molecule has 0 unspecified atom stereocenters. The van der Waals surface area contributed by atoms with E-state index in [2.05, 4.69) is 16.5 Å². The molecule has 0 saturated carbocycles. The molecule has 31 heavy (non-hydrogen) atoms. The lowest BCUT2D eigenvalue weighted by atomic mass is 10.1. The summed E-state index contributed by atoms with van der Waals surface area (Å²) >= 11 is 7.92. The predicted molar refractivity (Wildman–Crippen MR) is 128 cm³/mol. The van der Waals surface area contributed by atoms with Gasteiger partial charge in [-0.3, -0.25) is 4.79 Å². The van der Waals surface area contributed by atoms with Crippen LogP contribution in [0.4, 0.5) is 0 Å². The van der Waals surface area contributed by atoms with Gasteiger partial charge in [-0.05, 0) is 29.3 Å². The summed E-state index contributed by atoms with van der Waals surface area (Å²) < 4.78 is 11.0. The van der Waals surface area contributed by atoms with Crippen molar-refractivity contribution in [2.24, 2.45) is 0 Å². The van der Waals surface area contributed by atoms with Gasteiger partial charge in [0.1, 0.15) is 11.4 Å². The van der Waals surface area contributed by atoms with Crippen LogP contribution in [0.15, 0.2) is 71.4 Å². The predicted octanol–water partition coefficient (Wildman–Crippen LogP) is 5.96. The van der Waals surface area contributed by atoms with Crippen molar-refractivity contribution in [3.8, 4) is 22.6 Å². The number of thiophene rings is 1. The maximum Gasteiger partial charge on any atom is 0.260 e. The zero-order valence-electron chi connectivity index (χ0n) is 16.7. The quantitative estimate of drug-likeness (QED) is 0.353. The third kappa shape index (κ3) is 4.40. The topological polar surface area (TPSA) is 64.2 Å². The SMILES string of the molecule is C=CCOc1ccc(/C=C(\Cl)c2nc3scc(-c4ccccc4)c3c(=O)[nH]2)cc1OC. The summed E-state index contributed by atoms with van der Waals surface area (Å²) in [4.78, 5) is 20.9. The molecule has 0 radical (unpaired) electrons. The van der Waals surface area contributed by atoms with E-state index in [0.29, 0.717) is 39.2 Å². The largest absolute Gasteiger partial charge is 0.493 e. The summed E-state index contributed by atoms with van der Waals surface area (Å²) in [5.74, 6) is 1.49. The Labute approximate surface area is 188 Å². The van der Waals surface area contributed by atoms with Crippen LogP contribution in [0.5, 0.6) is 11.5 Å². The minimum atomic E-state index is -0.225. The lowest BCUT2D eigenvalue weighted by Gasteiger charge is -2.10. The normalized spacial score (nSPS) is 11.5. The summed E-state index contributed by atoms with van der Waals surface area (Å²) in [6.45, 7) is 4.02. The van der Waals surface area contributed by atoms with Gasteiger partial charge in [0.25, 0.3) is 5.56 Å². The van der Waals surface area contributed by atoms with E-state index in [-0.39, 0.29) is 5.56 Å². The van der Waals surface area contributed by atoms with Gasteiger partial charge in [-0.25, -0.2) is 4.98 Å². The molecule has 5 nitrogen and oxygen atoms in total. The van der Waals surface area contributed by atoms with Crippen LogP contribution < -0.4 is 15.0 Å². The Morgan fingerprint density at radius 2 is 2.03 bits per heavy atom. The number of ether oxygens (including phenoxy) is 2. The maximum absolute atomic E-state index is 12.8. The van der Waals surface area contributed by atoms with Gasteiger partial charge in [0.15, 0.2) is 17.3 Å². The Kier molecular flexibility index (Phi) is 6.21. The van der Waals surface area contributed by atoms with Crippen molar-refractivity contribution in [3.63, 3.8) is 0 Å². The van der Waals surface area contributed by atoms with Crippen LogP contribution in [0.1, 0.15) is 11.4 Å². The number of aromatic amines is 1. The highest BCUT2D eigenvalue weighted by atomic mass is 35.5. The summed E-state index contributed by atoms with van der Waals surface area (Å²) in [6, 6.07) is 15.2. The zero-order chi connectivity index (χ0) is 21.8. The molecule has 1 N–H and O–H groups in total. The van der Waals surface area contributed by atoms with Crippen molar-refractivity contribution < 1.29 is 9.47 Å². The van der Waals surface area contributed by atoms with E-state index in [4.69, 9.17) is 21.1 Å². The number of nitrogens with one attached hydrogen (secondary N) is 1. The van der Waals surface area contributed by atoms with Crippen LogP contribution in [0, 0.1) is 0 Å². The van der Waals surface area contributed by atoms with Gasteiger partial charge in [0.05, 0.1) is 17.5 Å². The van der Waals surface area contributed by atoms with Gasteiger partial charge in [0, 0.05) is 10.9 Å². The van der Waals surface area contributed by atoms with E-state index in [0.717, 1.165) is 16.7 Å². The monoisotopic (exact) mass is 450 g/mol. The molecule has 2 aromatic carbocycles. The molecule has 156 valence electrons. The van der Waals surface area contributed by atoms with E-state index in [1.54, 1.807) is 31.4 Å². The number of rotatable bonds is 7. The standard InChI is InChI=1S/C24H19ClN2O3S/c1-3-11-30-19-10-9-15(13-20(19)29-2)12-18(25)22-26-23(28)21-17(14-31-24(21)27-22)16-7-5-4-6-8-16/h3-10,12-14H,1,11H2,2H3,(H,26,27,28)/b18-12-. The Hall–Kier alpha value is -3.35. The number of halogens is 1. The smallest absolute Gasteiger partial charge is 0.260 e. The molecule has 0 amide bonds. The van der Waals surface area contributed by atoms with Crippen molar-refractivity contribution in [3.05, 3.63) is 88.3 Å². The second-order valence-corrected chi connectivity index (χ2v) is 7.88. The number of benzene rings is 2. The lowest BCUT2D eigenvalue weighted by Crippen LogP contribution is -2.10. The summed E-state index contributed by atoms with van der Waals surface area (Å²) in [5, 5.41) is 2.82. The van der Waals surface area contributed by atoms with Crippen LogP contribution >= 0.6 is 22.9 Å². The Morgan fingerprint density at radius 1 is 1.23 bits per heavy atom. The highest BCUT2D eigenvalue weighted by Gasteiger charge is 2.14. The number of nitrogens with zero attached hydrogens (tertiary/aromatic N) is 1. The first-order chi connectivity index (χ1) is 15.1. The number of hydrogen-bond donors (Lipinski definition) is 1. The van der Waals surface area contributed by atoms with Crippen LogP contribution in [0.2, 0.25) is 0 Å². The highest BCUT2D eigenvalue weighted by Crippen LogP contribution is 2.33. The second-order valence-electron chi connectivity index (χ2n) is 6.61. The van der Waals surface area contributed by atoms with Crippen LogP contribution in [-0.2, 0) is 0 Å². The van der Waals surface area contributed by atoms with Crippen LogP contribution in [0.3, 0.4) is 0 Å².